The predicted octanol–water partition coefficient (Wildman–Crippen LogP) is 2.87. The van der Waals surface area contributed by atoms with Crippen molar-refractivity contribution in [1.29, 1.82) is 0 Å². The highest BCUT2D eigenvalue weighted by molar-refractivity contribution is 7.13. The highest BCUT2D eigenvalue weighted by Gasteiger charge is 2.13. The Balaban J connectivity index is 1.67. The van der Waals surface area contributed by atoms with E-state index in [2.05, 4.69) is 15.3 Å². The zero-order chi connectivity index (χ0) is 16.1. The largest absolute Gasteiger partial charge is 0.386 e. The Morgan fingerprint density at radius 2 is 2.04 bits per heavy atom. The van der Waals surface area contributed by atoms with Gasteiger partial charge in [-0.15, -0.1) is 22.9 Å². The van der Waals surface area contributed by atoms with Crippen LogP contribution in [-0.4, -0.2) is 47.9 Å². The van der Waals surface area contributed by atoms with Crippen molar-refractivity contribution in [3.05, 3.63) is 35.3 Å². The first-order valence-electron chi connectivity index (χ1n) is 7.48. The third kappa shape index (κ3) is 4.51. The Morgan fingerprint density at radius 1 is 1.30 bits per heavy atom. The number of morpholine rings is 1. The van der Waals surface area contributed by atoms with E-state index in [9.17, 15) is 0 Å². The Kier molecular flexibility index (Phi) is 5.61. The lowest BCUT2D eigenvalue weighted by atomic mass is 10.2. The number of amidine groups is 1. The Bertz CT molecular complexity index is 665. The Hall–Kier alpha value is -1.47. The highest BCUT2D eigenvalue weighted by atomic mass is 35.5. The molecule has 0 spiro atoms. The summed E-state index contributed by atoms with van der Waals surface area (Å²) >= 11 is 7.30. The summed E-state index contributed by atoms with van der Waals surface area (Å²) < 4.78 is 5.37. The molecule has 0 radical (unpaired) electrons. The molecule has 0 saturated carbocycles. The summed E-state index contributed by atoms with van der Waals surface area (Å²) in [5.41, 5.74) is 8.64. The maximum absolute atomic E-state index is 5.64. The lowest BCUT2D eigenvalue weighted by Gasteiger charge is -2.25. The summed E-state index contributed by atoms with van der Waals surface area (Å²) in [6, 6.07) is 7.88. The molecule has 0 aliphatic carbocycles. The van der Waals surface area contributed by atoms with Gasteiger partial charge in [-0.05, 0) is 24.3 Å². The summed E-state index contributed by atoms with van der Waals surface area (Å²) in [5.74, 6) is 0.653. The molecule has 1 aliphatic heterocycles. The van der Waals surface area contributed by atoms with Crippen LogP contribution in [0.1, 0.15) is 5.69 Å². The van der Waals surface area contributed by atoms with Crippen LogP contribution in [0.25, 0.3) is 10.6 Å². The second-order valence-electron chi connectivity index (χ2n) is 5.32. The molecule has 23 heavy (non-hydrogen) atoms. The number of aromatic nitrogens is 1. The van der Waals surface area contributed by atoms with Gasteiger partial charge in [-0.3, -0.25) is 4.90 Å². The summed E-state index contributed by atoms with van der Waals surface area (Å²) in [5, 5.41) is 3.15. The summed E-state index contributed by atoms with van der Waals surface area (Å²) in [6.07, 6.45) is 0. The van der Waals surface area contributed by atoms with Gasteiger partial charge in [-0.1, -0.05) is 0 Å². The smallest absolute Gasteiger partial charge is 0.123 e. The van der Waals surface area contributed by atoms with Gasteiger partial charge in [-0.2, -0.15) is 0 Å². The lowest BCUT2D eigenvalue weighted by Crippen LogP contribution is -2.35. The van der Waals surface area contributed by atoms with Crippen molar-refractivity contribution in [3.8, 4) is 10.6 Å². The van der Waals surface area contributed by atoms with Crippen LogP contribution in [-0.2, 0) is 11.3 Å². The van der Waals surface area contributed by atoms with E-state index in [0.717, 1.165) is 54.8 Å². The van der Waals surface area contributed by atoms with Gasteiger partial charge >= 0.3 is 0 Å². The van der Waals surface area contributed by atoms with Gasteiger partial charge in [0.15, 0.2) is 0 Å². The number of thiazole rings is 1. The van der Waals surface area contributed by atoms with E-state index >= 15 is 0 Å². The number of nitrogens with zero attached hydrogens (tertiary/aromatic N) is 3. The van der Waals surface area contributed by atoms with E-state index in [-0.39, 0.29) is 5.88 Å². The number of nitrogens with two attached hydrogens (primary N) is 1. The minimum absolute atomic E-state index is 0.235. The second-order valence-corrected chi connectivity index (χ2v) is 6.44. The van der Waals surface area contributed by atoms with E-state index in [0.29, 0.717) is 5.84 Å². The molecule has 0 amide bonds. The third-order valence-corrected chi connectivity index (χ3v) is 4.78. The molecular formula is C16H19ClN4OS. The fourth-order valence-corrected chi connectivity index (χ4v) is 3.25. The number of benzene rings is 1. The first-order chi connectivity index (χ1) is 11.2. The molecule has 1 fully saturated rings. The number of hydrogen-bond acceptors (Lipinski definition) is 5. The van der Waals surface area contributed by atoms with E-state index in [4.69, 9.17) is 27.1 Å². The average molecular weight is 351 g/mol. The molecule has 122 valence electrons. The average Bonchev–Trinajstić information content (AvgIpc) is 3.05. The van der Waals surface area contributed by atoms with Crippen LogP contribution < -0.4 is 5.73 Å². The number of alkyl halides is 1. The summed E-state index contributed by atoms with van der Waals surface area (Å²) in [6.45, 7) is 4.45. The van der Waals surface area contributed by atoms with Crippen LogP contribution in [0.4, 0.5) is 5.69 Å². The normalized spacial score (nSPS) is 16.7. The number of halogens is 1. The maximum Gasteiger partial charge on any atom is 0.123 e. The Morgan fingerprint density at radius 3 is 2.74 bits per heavy atom. The topological polar surface area (TPSA) is 63.7 Å². The molecule has 5 nitrogen and oxygen atoms in total. The van der Waals surface area contributed by atoms with Crippen molar-refractivity contribution in [1.82, 2.24) is 9.88 Å². The van der Waals surface area contributed by atoms with Crippen molar-refractivity contribution in [2.24, 2.45) is 10.7 Å². The molecular weight excluding hydrogens is 332 g/mol. The van der Waals surface area contributed by atoms with Crippen LogP contribution >= 0.6 is 22.9 Å². The van der Waals surface area contributed by atoms with Gasteiger partial charge in [0.1, 0.15) is 10.8 Å². The lowest BCUT2D eigenvalue weighted by molar-refractivity contribution is 0.0337. The van der Waals surface area contributed by atoms with E-state index in [1.807, 2.05) is 24.3 Å². The molecule has 3 rings (SSSR count). The predicted molar refractivity (Wildman–Crippen MR) is 95.6 cm³/mol. The number of hydrogen-bond donors (Lipinski definition) is 1. The highest BCUT2D eigenvalue weighted by Crippen LogP contribution is 2.26. The summed E-state index contributed by atoms with van der Waals surface area (Å²) in [7, 11) is 0. The first-order valence-corrected chi connectivity index (χ1v) is 8.90. The fourth-order valence-electron chi connectivity index (χ4n) is 2.37. The van der Waals surface area contributed by atoms with Gasteiger partial charge in [0.25, 0.3) is 0 Å². The van der Waals surface area contributed by atoms with Crippen LogP contribution in [0, 0.1) is 0 Å². The molecule has 2 heterocycles. The van der Waals surface area contributed by atoms with Crippen molar-refractivity contribution >= 4 is 34.5 Å². The molecule has 1 aromatic heterocycles. The quantitative estimate of drug-likeness (QED) is 0.511. The number of rotatable bonds is 5. The zero-order valence-electron chi connectivity index (χ0n) is 12.7. The van der Waals surface area contributed by atoms with Gasteiger partial charge in [0.05, 0.1) is 30.5 Å². The monoisotopic (exact) mass is 350 g/mol. The van der Waals surface area contributed by atoms with E-state index < -0.39 is 0 Å². The molecule has 0 unspecified atom stereocenters. The van der Waals surface area contributed by atoms with E-state index in [1.54, 1.807) is 11.3 Å². The van der Waals surface area contributed by atoms with Gasteiger partial charge < -0.3 is 10.5 Å². The van der Waals surface area contributed by atoms with E-state index in [1.165, 1.54) is 0 Å². The molecule has 1 aliphatic rings. The Labute approximate surface area is 144 Å². The van der Waals surface area contributed by atoms with Gasteiger partial charge in [0.2, 0.25) is 0 Å². The molecule has 1 saturated heterocycles. The van der Waals surface area contributed by atoms with Crippen LogP contribution in [0.5, 0.6) is 0 Å². The zero-order valence-corrected chi connectivity index (χ0v) is 14.3. The second kappa shape index (κ2) is 7.88. The minimum Gasteiger partial charge on any atom is -0.386 e. The molecule has 2 aromatic rings. The van der Waals surface area contributed by atoms with Gasteiger partial charge in [0, 0.05) is 30.6 Å². The molecule has 0 atom stereocenters. The third-order valence-electron chi connectivity index (χ3n) is 3.56. The van der Waals surface area contributed by atoms with Crippen molar-refractivity contribution < 1.29 is 4.74 Å². The maximum atomic E-state index is 5.64. The van der Waals surface area contributed by atoms with Crippen molar-refractivity contribution in [2.45, 2.75) is 6.54 Å². The minimum atomic E-state index is 0.235. The van der Waals surface area contributed by atoms with Crippen molar-refractivity contribution in [2.75, 3.05) is 32.2 Å². The summed E-state index contributed by atoms with van der Waals surface area (Å²) in [4.78, 5) is 11.3. The first kappa shape index (κ1) is 16.4. The standard InChI is InChI=1S/C16H19ClN4OS/c17-9-15(18)19-13-3-1-12(2-4-13)16-20-14(11-23-16)10-21-5-7-22-8-6-21/h1-4,11H,5-10H2,(H2,18,19). The van der Waals surface area contributed by atoms with Gasteiger partial charge in [-0.25, -0.2) is 9.98 Å². The fraction of sp³-hybridized carbons (Fsp3) is 0.375. The molecule has 2 N–H and O–H groups in total. The van der Waals surface area contributed by atoms with Crippen LogP contribution in [0.15, 0.2) is 34.6 Å². The molecule has 1 aromatic carbocycles. The molecule has 7 heteroatoms. The van der Waals surface area contributed by atoms with Crippen LogP contribution in [0.3, 0.4) is 0 Å². The number of aliphatic imine (C=N–C) groups is 1. The SMILES string of the molecule is NC(CCl)=Nc1ccc(-c2nc(CN3CCOCC3)cs2)cc1. The molecule has 0 bridgehead atoms. The number of ether oxygens (including phenoxy) is 1. The van der Waals surface area contributed by atoms with Crippen LogP contribution in [0.2, 0.25) is 0 Å². The van der Waals surface area contributed by atoms with Crippen molar-refractivity contribution in [3.63, 3.8) is 0 Å².